The SMILES string of the molecule is CC(=O)Oc1cccc2c1C(=O)N(C1CCC(=S)NC1=O)C2=O.CC(C)Nc1ccc2c(c1)C(=O)N(C1=CNC(=O)CC1)C2.CC(C)Nc1ccc2c(c1)C(=O)N(C1CC=CNC1=O)C2.Nc1ccc2c(c1)C(=O)N(C1=CNC(=O)CC1)C2.Nc1ccc2c(c1)C(=O)N(C1CC=CNC1=O)C2.O=C1NC(=S)CCC1N1C(=O)c2cccc([N+](=O)[O-])c2C1=O.O=C1c2cccc([N+](=O)[O-])c2C(=O)N1C1CCC(=S)NC1=S. The van der Waals surface area contributed by atoms with E-state index in [0.717, 1.165) is 71.4 Å². The van der Waals surface area contributed by atoms with Crippen LogP contribution in [0.3, 0.4) is 0 Å². The molecule has 46 heteroatoms. The molecule has 0 spiro atoms. The molecule has 21 rings (SSSR count). The number of imide groups is 3. The Balaban J connectivity index is 0.000000127. The van der Waals surface area contributed by atoms with Gasteiger partial charge in [0.05, 0.1) is 66.2 Å². The number of nitro groups is 2. The average Bonchev–Trinajstić information content (AvgIpc) is 1.59. The van der Waals surface area contributed by atoms with Crippen molar-refractivity contribution in [2.24, 2.45) is 0 Å². The van der Waals surface area contributed by atoms with Gasteiger partial charge in [0.1, 0.15) is 46.0 Å². The minimum Gasteiger partial charge on any atom is -0.426 e. The minimum absolute atomic E-state index is 0.00586. The molecular formula is C99H94N20O22S4. The highest BCUT2D eigenvalue weighted by Gasteiger charge is 2.51. The van der Waals surface area contributed by atoms with Gasteiger partial charge in [-0.05, 0) is 180 Å². The van der Waals surface area contributed by atoms with Gasteiger partial charge in [0.15, 0.2) is 0 Å². The number of piperidine rings is 3. The molecule has 5 atom stereocenters. The molecule has 0 saturated carbocycles. The number of rotatable bonds is 14. The second kappa shape index (κ2) is 43.4. The lowest BCUT2D eigenvalue weighted by atomic mass is 10.1. The summed E-state index contributed by atoms with van der Waals surface area (Å²) in [5.41, 5.74) is 21.7. The maximum Gasteiger partial charge on any atom is 0.308 e. The molecule has 3 saturated heterocycles. The molecule has 746 valence electrons. The first-order valence-corrected chi connectivity index (χ1v) is 47.5. The van der Waals surface area contributed by atoms with Crippen LogP contribution >= 0.6 is 48.9 Å². The molecule has 145 heavy (non-hydrogen) atoms. The summed E-state index contributed by atoms with van der Waals surface area (Å²) in [5, 5.41) is 47.0. The van der Waals surface area contributed by atoms with Gasteiger partial charge in [-0.15, -0.1) is 0 Å². The van der Waals surface area contributed by atoms with Crippen molar-refractivity contribution < 1.29 is 96.1 Å². The first kappa shape index (κ1) is 103. The van der Waals surface area contributed by atoms with Crippen LogP contribution in [0, 0.1) is 20.2 Å². The summed E-state index contributed by atoms with van der Waals surface area (Å²) in [6, 6.07) is 32.0. The Morgan fingerprint density at radius 1 is 0.400 bits per heavy atom. The van der Waals surface area contributed by atoms with E-state index in [-0.39, 0.29) is 110 Å². The zero-order chi connectivity index (χ0) is 104. The molecule has 13 N–H and O–H groups in total. The van der Waals surface area contributed by atoms with E-state index >= 15 is 0 Å². The van der Waals surface area contributed by atoms with E-state index < -0.39 is 99.0 Å². The second-order valence-electron chi connectivity index (χ2n) is 35.6. The van der Waals surface area contributed by atoms with Crippen LogP contribution in [0.1, 0.15) is 238 Å². The van der Waals surface area contributed by atoms with E-state index in [1.54, 1.807) is 68.7 Å². The predicted octanol–water partition coefficient (Wildman–Crippen LogP) is 8.89. The van der Waals surface area contributed by atoms with Crippen molar-refractivity contribution in [1.82, 2.24) is 71.5 Å². The molecule has 0 radical (unpaired) electrons. The number of carbonyl (C=O) groups is 17. The Morgan fingerprint density at radius 2 is 0.766 bits per heavy atom. The van der Waals surface area contributed by atoms with Gasteiger partial charge in [0.25, 0.3) is 70.4 Å². The van der Waals surface area contributed by atoms with Gasteiger partial charge >= 0.3 is 5.97 Å². The number of ether oxygens (including phenoxy) is 1. The molecule has 42 nitrogen and oxygen atoms in total. The standard InChI is InChI=1S/2C16H19N3O2.C15H12N2O5S.C13H9N3O5S.C13H9N3O4S2.2C13H13N3O2/c1-10(2)18-12-4-3-11-9-19(16(21)14(11)7-12)13-5-6-15(20)17-8-13;1-10(2)18-12-6-5-11-9-19(16(21)13(11)8-12)14-4-3-7-17-15(14)20;1-7(18)22-10-4-2-3-8-12(10)15(21)17(14(8)20)9-5-6-11(23)16-13(9)19;17-11-8(4-5-9(22)14-11)15-12(18)6-2-1-3-7(16(20)21)10(6)13(15)19;17-12-6-2-1-3-7(16(19)20)10(6)13(18)15(12)8-4-5-9(21)14-11(8)22;14-9-2-1-8-7-16(13(18)11(8)5-9)10-3-4-12(17)15-6-10;14-9-4-3-8-7-16(13(18)10(8)6-9)11-2-1-5-15-12(11)17/h3-4,7-8,10,18H,5-6,9H2,1-2H3,(H,17,20);3,5-8,10,14,18H,4,9H2,1-2H3,(H,17,20);2-4,9H,5-6H2,1H3,(H,16,19,23);1-3,8H,4-5H2,(H,14,17,22);1-3,8H,4-5H2,(H,14,21,22);1-2,5-6H,3-4,7,14H2,(H,15,17);1,3-6,11H,2,7,14H2,(H,15,17). The number of allylic oxidation sites excluding steroid dienone is 2. The largest absolute Gasteiger partial charge is 0.426 e. The van der Waals surface area contributed by atoms with Gasteiger partial charge in [0.2, 0.25) is 35.4 Å². The van der Waals surface area contributed by atoms with Crippen LogP contribution in [-0.2, 0) is 59.7 Å². The molecule has 0 aliphatic carbocycles. The highest BCUT2D eigenvalue weighted by atomic mass is 32.1. The number of nitrogens with one attached hydrogen (secondary N) is 9. The lowest BCUT2D eigenvalue weighted by Crippen LogP contribution is -2.53. The molecule has 7 aromatic rings. The third-order valence-electron chi connectivity index (χ3n) is 25.1. The van der Waals surface area contributed by atoms with Gasteiger partial charge in [-0.1, -0.05) is 103 Å². The first-order chi connectivity index (χ1) is 69.1. The third-order valence-corrected chi connectivity index (χ3v) is 26.4. The highest BCUT2D eigenvalue weighted by molar-refractivity contribution is 7.82. The molecule has 3 fully saturated rings. The number of esters is 1. The fourth-order valence-electron chi connectivity index (χ4n) is 18.3. The van der Waals surface area contributed by atoms with Gasteiger partial charge in [-0.2, -0.15) is 0 Å². The van der Waals surface area contributed by atoms with Gasteiger partial charge in [0, 0.05) is 145 Å². The van der Waals surface area contributed by atoms with Crippen molar-refractivity contribution in [3.63, 3.8) is 0 Å². The number of thiocarbonyl (C=S) groups is 4. The number of nitrogen functional groups attached to an aromatic ring is 2. The number of amides is 16. The van der Waals surface area contributed by atoms with Crippen molar-refractivity contribution in [1.29, 1.82) is 0 Å². The fourth-order valence-corrected chi connectivity index (χ4v) is 19.3. The zero-order valence-corrected chi connectivity index (χ0v) is 81.5. The second-order valence-corrected chi connectivity index (χ2v) is 37.5. The molecule has 16 amide bonds. The van der Waals surface area contributed by atoms with Crippen LogP contribution in [0.5, 0.6) is 5.75 Å². The lowest BCUT2D eigenvalue weighted by Gasteiger charge is -2.31. The topological polar surface area (TPSA) is 569 Å². The highest BCUT2D eigenvalue weighted by Crippen LogP contribution is 2.41. The Bertz CT molecular complexity index is 6840. The van der Waals surface area contributed by atoms with Crippen LogP contribution in [0.4, 0.5) is 34.1 Å². The normalized spacial score (nSPS) is 20.2. The molecule has 7 aromatic carbocycles. The van der Waals surface area contributed by atoms with Gasteiger partial charge in [-0.3, -0.25) is 116 Å². The van der Waals surface area contributed by atoms with Crippen LogP contribution in [0.2, 0.25) is 0 Å². The van der Waals surface area contributed by atoms with E-state index in [9.17, 15) is 102 Å². The molecule has 14 heterocycles. The van der Waals surface area contributed by atoms with Crippen molar-refractivity contribution in [2.45, 2.75) is 180 Å². The summed E-state index contributed by atoms with van der Waals surface area (Å²) < 4.78 is 5.00. The number of benzene rings is 7. The van der Waals surface area contributed by atoms with Crippen LogP contribution in [0.15, 0.2) is 176 Å². The Morgan fingerprint density at radius 3 is 1.15 bits per heavy atom. The number of nitro benzene ring substituents is 2. The number of anilines is 4. The zero-order valence-electron chi connectivity index (χ0n) is 78.2. The number of carbonyl (C=O) groups excluding carboxylic acids is 17. The van der Waals surface area contributed by atoms with Gasteiger partial charge < -0.3 is 83.7 Å². The number of hydrogen-bond acceptors (Lipinski definition) is 30. The number of nitrogens with two attached hydrogens (primary N) is 2. The Labute approximate surface area is 847 Å². The molecule has 5 unspecified atom stereocenters. The molecule has 14 aliphatic rings. The molecule has 0 aromatic heterocycles. The Hall–Kier alpha value is -16.8. The summed E-state index contributed by atoms with van der Waals surface area (Å²) >= 11 is 20.0. The van der Waals surface area contributed by atoms with Crippen molar-refractivity contribution in [2.75, 3.05) is 22.1 Å². The Kier molecular flexibility index (Phi) is 30.7. The van der Waals surface area contributed by atoms with Crippen molar-refractivity contribution in [3.05, 3.63) is 274 Å². The van der Waals surface area contributed by atoms with Crippen LogP contribution in [0.25, 0.3) is 0 Å². The van der Waals surface area contributed by atoms with E-state index in [1.165, 1.54) is 55.5 Å². The van der Waals surface area contributed by atoms with E-state index in [4.69, 9.17) is 65.1 Å². The number of nitrogens with zero attached hydrogens (tertiary/aromatic N) is 9. The average molecular weight is 2040 g/mol. The molecular weight excluding hydrogens is 1950 g/mol. The quantitative estimate of drug-likeness (QED) is 0.00920. The lowest BCUT2D eigenvalue weighted by molar-refractivity contribution is -0.385. The summed E-state index contributed by atoms with van der Waals surface area (Å²) in [5.74, 6) is -6.05. The minimum atomic E-state index is -1.00. The van der Waals surface area contributed by atoms with Crippen LogP contribution < -0.4 is 64.1 Å². The van der Waals surface area contributed by atoms with Gasteiger partial charge in [-0.25, -0.2) is 0 Å². The van der Waals surface area contributed by atoms with Crippen LogP contribution in [-0.4, -0.2) is 207 Å². The summed E-state index contributed by atoms with van der Waals surface area (Å²) in [7, 11) is 0. The maximum absolute atomic E-state index is 12.6. The summed E-state index contributed by atoms with van der Waals surface area (Å²) in [6.45, 7) is 11.6. The third kappa shape index (κ3) is 21.9. The fraction of sp³-hybridized carbons (Fsp3) is 0.283. The van der Waals surface area contributed by atoms with Crippen molar-refractivity contribution >= 4 is 203 Å². The first-order valence-electron chi connectivity index (χ1n) is 45.8. The number of hydrogen-bond donors (Lipinski definition) is 11. The predicted molar refractivity (Wildman–Crippen MR) is 538 cm³/mol. The monoisotopic (exact) mass is 2040 g/mol. The molecule has 14 aliphatic heterocycles. The van der Waals surface area contributed by atoms with Crippen molar-refractivity contribution in [3.8, 4) is 5.75 Å². The smallest absolute Gasteiger partial charge is 0.308 e. The number of fused-ring (bicyclic) bond motifs is 7. The summed E-state index contributed by atoms with van der Waals surface area (Å²) in [4.78, 5) is 238. The van der Waals surface area contributed by atoms with E-state index in [2.05, 4.69) is 75.5 Å². The maximum atomic E-state index is 12.6. The summed E-state index contributed by atoms with van der Waals surface area (Å²) in [6.07, 6.45) is 15.7. The van der Waals surface area contributed by atoms with E-state index in [1.807, 2.05) is 60.7 Å². The van der Waals surface area contributed by atoms with E-state index in [0.29, 0.717) is 146 Å². The molecule has 0 bridgehead atoms.